The highest BCUT2D eigenvalue weighted by Crippen LogP contribution is 2.31. The van der Waals surface area contributed by atoms with Crippen LogP contribution >= 0.6 is 0 Å². The second kappa shape index (κ2) is 11.4. The molecule has 0 aromatic carbocycles. The van der Waals surface area contributed by atoms with Crippen LogP contribution in [0, 0.1) is 11.8 Å². The van der Waals surface area contributed by atoms with Gasteiger partial charge in [-0.1, -0.05) is 6.08 Å². The van der Waals surface area contributed by atoms with Crippen LogP contribution in [0.1, 0.15) is 72.3 Å². The maximum atomic E-state index is 13.6. The molecule has 0 spiro atoms. The number of hydrogen-bond acceptors (Lipinski definition) is 5. The number of allylic oxidation sites excluding steroid dienone is 2. The molecule has 0 saturated carbocycles. The first-order valence-electron chi connectivity index (χ1n) is 12.6. The predicted molar refractivity (Wildman–Crippen MR) is 134 cm³/mol. The van der Waals surface area contributed by atoms with Crippen LogP contribution in [0.5, 0.6) is 5.88 Å². The molecule has 0 radical (unpaired) electrons. The van der Waals surface area contributed by atoms with E-state index in [2.05, 4.69) is 16.4 Å². The topological polar surface area (TPSA) is 80.8 Å². The summed E-state index contributed by atoms with van der Waals surface area (Å²) in [4.78, 5) is 30.7. The van der Waals surface area contributed by atoms with E-state index in [1.165, 1.54) is 19.4 Å². The van der Waals surface area contributed by atoms with Crippen molar-refractivity contribution in [3.8, 4) is 5.88 Å². The number of pyridine rings is 1. The lowest BCUT2D eigenvalue weighted by atomic mass is 9.86. The lowest BCUT2D eigenvalue weighted by Gasteiger charge is -2.33. The van der Waals surface area contributed by atoms with Crippen LogP contribution in [0.15, 0.2) is 24.4 Å². The number of halogens is 1. The van der Waals surface area contributed by atoms with Crippen molar-refractivity contribution in [1.82, 2.24) is 15.2 Å². The number of hydrogen-bond donors (Lipinski definition) is 1. The van der Waals surface area contributed by atoms with E-state index in [0.29, 0.717) is 37.9 Å². The zero-order valence-electron chi connectivity index (χ0n) is 21.7. The molecule has 194 valence electrons. The number of rotatable bonds is 7. The number of likely N-dealkylation sites (tertiary alicyclic amines) is 1. The third kappa shape index (κ3) is 8.82. The van der Waals surface area contributed by atoms with Gasteiger partial charge in [-0.05, 0) is 89.8 Å². The Morgan fingerprint density at radius 3 is 2.40 bits per heavy atom. The summed E-state index contributed by atoms with van der Waals surface area (Å²) in [6, 6.07) is 3.89. The highest BCUT2D eigenvalue weighted by molar-refractivity contribution is 5.80. The van der Waals surface area contributed by atoms with Crippen molar-refractivity contribution in [1.29, 1.82) is 0 Å². The van der Waals surface area contributed by atoms with E-state index in [4.69, 9.17) is 9.47 Å². The van der Waals surface area contributed by atoms with E-state index < -0.39 is 11.3 Å². The second-order valence-corrected chi connectivity index (χ2v) is 11.2. The molecule has 1 saturated heterocycles. The van der Waals surface area contributed by atoms with Crippen LogP contribution in [0.3, 0.4) is 0 Å². The van der Waals surface area contributed by atoms with Gasteiger partial charge >= 0.3 is 6.09 Å². The quantitative estimate of drug-likeness (QED) is 0.573. The summed E-state index contributed by atoms with van der Waals surface area (Å²) in [7, 11) is 0. The van der Waals surface area contributed by atoms with Crippen LogP contribution in [-0.2, 0) is 9.53 Å². The van der Waals surface area contributed by atoms with Gasteiger partial charge in [0.25, 0.3) is 0 Å². The first kappa shape index (κ1) is 27.0. The van der Waals surface area contributed by atoms with Crippen molar-refractivity contribution in [2.75, 3.05) is 26.2 Å². The molecule has 0 bridgehead atoms. The summed E-state index contributed by atoms with van der Waals surface area (Å²) in [6.07, 6.45) is 7.59. The van der Waals surface area contributed by atoms with Crippen LogP contribution in [-0.4, -0.2) is 59.4 Å². The van der Waals surface area contributed by atoms with E-state index in [1.54, 1.807) is 4.90 Å². The van der Waals surface area contributed by atoms with Gasteiger partial charge in [0.1, 0.15) is 11.3 Å². The maximum Gasteiger partial charge on any atom is 0.410 e. The average molecular weight is 490 g/mol. The Balaban J connectivity index is 1.41. The molecule has 2 heterocycles. The lowest BCUT2D eigenvalue weighted by Crippen LogP contribution is -2.42. The van der Waals surface area contributed by atoms with Crippen LogP contribution in [0.2, 0.25) is 0 Å². The standard InChI is InChI=1S/C27H40FN3O4/c1-26(2,3)35-25(33)31-14-12-19(13-15-31)17-34-23-11-10-22(16-29-23)20-6-8-21(9-7-20)24(32)30-18-27(4,5)28/h6,10-11,16,19,21H,7-9,12-15,17-18H2,1-5H3,(H,30,32). The van der Waals surface area contributed by atoms with Crippen LogP contribution in [0.4, 0.5) is 9.18 Å². The third-order valence-corrected chi connectivity index (χ3v) is 6.30. The highest BCUT2D eigenvalue weighted by atomic mass is 19.1. The Hall–Kier alpha value is -2.64. The molecule has 1 aromatic heterocycles. The number of aromatic nitrogens is 1. The largest absolute Gasteiger partial charge is 0.477 e. The monoisotopic (exact) mass is 489 g/mol. The van der Waals surface area contributed by atoms with Crippen molar-refractivity contribution in [3.05, 3.63) is 30.0 Å². The van der Waals surface area contributed by atoms with Crippen molar-refractivity contribution in [2.45, 2.75) is 78.0 Å². The maximum absolute atomic E-state index is 13.6. The smallest absolute Gasteiger partial charge is 0.410 e. The van der Waals surface area contributed by atoms with E-state index in [1.807, 2.05) is 39.1 Å². The molecule has 7 nitrogen and oxygen atoms in total. The molecule has 1 aliphatic heterocycles. The number of alkyl halides is 1. The molecular formula is C27H40FN3O4. The lowest BCUT2D eigenvalue weighted by molar-refractivity contribution is -0.125. The van der Waals surface area contributed by atoms with Crippen molar-refractivity contribution in [2.24, 2.45) is 11.8 Å². The Bertz CT molecular complexity index is 894. The zero-order chi connectivity index (χ0) is 25.6. The van der Waals surface area contributed by atoms with Gasteiger partial charge in [0, 0.05) is 31.3 Å². The fourth-order valence-corrected chi connectivity index (χ4v) is 4.24. The van der Waals surface area contributed by atoms with Gasteiger partial charge in [0.2, 0.25) is 11.8 Å². The Morgan fingerprint density at radius 1 is 1.14 bits per heavy atom. The van der Waals surface area contributed by atoms with Gasteiger partial charge in [0.05, 0.1) is 13.2 Å². The number of piperidine rings is 1. The molecule has 8 heteroatoms. The van der Waals surface area contributed by atoms with Gasteiger partial charge in [0.15, 0.2) is 0 Å². The minimum absolute atomic E-state index is 0.0349. The van der Waals surface area contributed by atoms with Crippen molar-refractivity contribution >= 4 is 17.6 Å². The summed E-state index contributed by atoms with van der Waals surface area (Å²) < 4.78 is 25.0. The Morgan fingerprint density at radius 2 is 1.86 bits per heavy atom. The highest BCUT2D eigenvalue weighted by Gasteiger charge is 2.27. The van der Waals surface area contributed by atoms with Crippen LogP contribution < -0.4 is 10.1 Å². The molecular weight excluding hydrogens is 449 g/mol. The molecule has 1 aromatic rings. The van der Waals surface area contributed by atoms with Gasteiger partial charge < -0.3 is 19.7 Å². The first-order chi connectivity index (χ1) is 16.4. The average Bonchev–Trinajstić information content (AvgIpc) is 2.80. The minimum atomic E-state index is -1.40. The van der Waals surface area contributed by atoms with Gasteiger partial charge in [-0.25, -0.2) is 14.2 Å². The van der Waals surface area contributed by atoms with E-state index >= 15 is 0 Å². The molecule has 35 heavy (non-hydrogen) atoms. The van der Waals surface area contributed by atoms with Crippen LogP contribution in [0.25, 0.3) is 5.57 Å². The number of ether oxygens (including phenoxy) is 2. The molecule has 3 rings (SSSR count). The third-order valence-electron chi connectivity index (χ3n) is 6.30. The number of carbonyl (C=O) groups excluding carboxylic acids is 2. The predicted octanol–water partition coefficient (Wildman–Crippen LogP) is 5.16. The van der Waals surface area contributed by atoms with Crippen molar-refractivity contribution < 1.29 is 23.5 Å². The number of nitrogens with zero attached hydrogens (tertiary/aromatic N) is 2. The van der Waals surface area contributed by atoms with Gasteiger partial charge in [-0.3, -0.25) is 4.79 Å². The molecule has 1 atom stereocenters. The number of amides is 2. The zero-order valence-corrected chi connectivity index (χ0v) is 21.7. The number of carbonyl (C=O) groups is 2. The fourth-order valence-electron chi connectivity index (χ4n) is 4.24. The summed E-state index contributed by atoms with van der Waals surface area (Å²) in [5.74, 6) is 0.774. The minimum Gasteiger partial charge on any atom is -0.477 e. The fraction of sp³-hybridized carbons (Fsp3) is 0.667. The Labute approximate surface area is 208 Å². The molecule has 1 unspecified atom stereocenters. The summed E-state index contributed by atoms with van der Waals surface area (Å²) >= 11 is 0. The molecule has 2 aliphatic rings. The van der Waals surface area contributed by atoms with Gasteiger partial charge in [-0.2, -0.15) is 0 Å². The summed E-state index contributed by atoms with van der Waals surface area (Å²) in [5, 5.41) is 2.71. The van der Waals surface area contributed by atoms with Gasteiger partial charge in [-0.15, -0.1) is 0 Å². The summed E-state index contributed by atoms with van der Waals surface area (Å²) in [5.41, 5.74) is 0.324. The first-order valence-corrected chi connectivity index (χ1v) is 12.6. The summed E-state index contributed by atoms with van der Waals surface area (Å²) in [6.45, 7) is 10.5. The second-order valence-electron chi connectivity index (χ2n) is 11.2. The molecule has 1 N–H and O–H groups in total. The molecule has 1 aliphatic carbocycles. The van der Waals surface area contributed by atoms with E-state index in [9.17, 15) is 14.0 Å². The van der Waals surface area contributed by atoms with Crippen molar-refractivity contribution in [3.63, 3.8) is 0 Å². The molecule has 1 fully saturated rings. The molecule has 2 amide bonds. The van der Waals surface area contributed by atoms with E-state index in [-0.39, 0.29) is 24.5 Å². The number of nitrogens with one attached hydrogen (secondary N) is 1. The SMILES string of the molecule is CC(C)(F)CNC(=O)C1CC=C(c2ccc(OCC3CCN(C(=O)OC(C)(C)C)CC3)nc2)CC1. The Kier molecular flexibility index (Phi) is 8.78. The normalized spacial score (nSPS) is 19.7. The van der Waals surface area contributed by atoms with E-state index in [0.717, 1.165) is 31.2 Å².